The lowest BCUT2D eigenvalue weighted by Gasteiger charge is -2.13. The van der Waals surface area contributed by atoms with Crippen molar-refractivity contribution >= 4 is 10.8 Å². The van der Waals surface area contributed by atoms with Crippen LogP contribution < -0.4 is 4.74 Å². The Morgan fingerprint density at radius 1 is 0.692 bits per heavy atom. The molecular formula is C30H24F8O. The van der Waals surface area contributed by atoms with Gasteiger partial charge in [-0.1, -0.05) is 37.6 Å². The summed E-state index contributed by atoms with van der Waals surface area (Å²) in [4.78, 5) is 0. The molecule has 9 heteroatoms. The third-order valence-electron chi connectivity index (χ3n) is 6.36. The van der Waals surface area contributed by atoms with Crippen LogP contribution in [0.5, 0.6) is 5.75 Å². The smallest absolute Gasteiger partial charge is 0.422 e. The van der Waals surface area contributed by atoms with Crippen LogP contribution in [0, 0.1) is 29.1 Å². The molecule has 0 bridgehead atoms. The first-order valence-electron chi connectivity index (χ1n) is 12.3. The monoisotopic (exact) mass is 552 g/mol. The molecular weight excluding hydrogens is 528 g/mol. The number of fused-ring (bicyclic) bond motifs is 1. The first-order chi connectivity index (χ1) is 18.5. The van der Waals surface area contributed by atoms with Crippen molar-refractivity contribution in [2.45, 2.75) is 45.2 Å². The number of benzene rings is 4. The van der Waals surface area contributed by atoms with Gasteiger partial charge in [-0.3, -0.25) is 0 Å². The largest absolute Gasteiger partial charge is 0.478 e. The molecule has 0 saturated heterocycles. The maximum atomic E-state index is 15.2. The summed E-state index contributed by atoms with van der Waals surface area (Å²) in [5.41, 5.74) is 0.952. The van der Waals surface area contributed by atoms with E-state index < -0.39 is 47.6 Å². The van der Waals surface area contributed by atoms with Gasteiger partial charge in [0, 0.05) is 5.39 Å². The fourth-order valence-electron chi connectivity index (χ4n) is 4.44. The summed E-state index contributed by atoms with van der Waals surface area (Å²) in [5.74, 6) is -5.72. The van der Waals surface area contributed by atoms with Gasteiger partial charge in [0.15, 0.2) is 24.0 Å². The van der Waals surface area contributed by atoms with E-state index in [0.29, 0.717) is 17.4 Å². The van der Waals surface area contributed by atoms with Gasteiger partial charge in [0.1, 0.15) is 17.5 Å². The Kier molecular flexibility index (Phi) is 8.47. The van der Waals surface area contributed by atoms with Crippen LogP contribution in [0.4, 0.5) is 35.1 Å². The number of hydrogen-bond donors (Lipinski definition) is 0. The Hall–Kier alpha value is -3.62. The molecule has 0 aromatic heterocycles. The van der Waals surface area contributed by atoms with Gasteiger partial charge in [-0.25, -0.2) is 22.0 Å². The highest BCUT2D eigenvalue weighted by Crippen LogP contribution is 2.32. The highest BCUT2D eigenvalue weighted by molar-refractivity contribution is 5.88. The quantitative estimate of drug-likeness (QED) is 0.188. The highest BCUT2D eigenvalue weighted by Gasteiger charge is 2.30. The maximum Gasteiger partial charge on any atom is 0.422 e. The number of unbranched alkanes of at least 4 members (excludes halogenated alkanes) is 1. The van der Waals surface area contributed by atoms with Gasteiger partial charge in [0.2, 0.25) is 0 Å². The molecule has 4 aromatic rings. The molecule has 39 heavy (non-hydrogen) atoms. The average molecular weight is 553 g/mol. The Bertz CT molecular complexity index is 1450. The third kappa shape index (κ3) is 6.69. The minimum absolute atomic E-state index is 0.00525. The SMILES string of the molecule is CCCCc1cc(F)c(-c2ccc3c(F)c(CCc4cc(F)c(OCC(F)(F)F)c(F)c4)ccc3c2)c(F)c1. The molecule has 206 valence electrons. The van der Waals surface area contributed by atoms with E-state index in [1.54, 1.807) is 6.07 Å². The van der Waals surface area contributed by atoms with E-state index in [9.17, 15) is 30.7 Å². The van der Waals surface area contributed by atoms with E-state index in [-0.39, 0.29) is 40.5 Å². The minimum atomic E-state index is -4.76. The van der Waals surface area contributed by atoms with E-state index in [1.807, 2.05) is 6.92 Å². The van der Waals surface area contributed by atoms with Crippen LogP contribution in [-0.4, -0.2) is 12.8 Å². The Balaban J connectivity index is 1.54. The van der Waals surface area contributed by atoms with E-state index in [1.165, 1.54) is 36.4 Å². The van der Waals surface area contributed by atoms with Gasteiger partial charge in [-0.2, -0.15) is 13.2 Å². The van der Waals surface area contributed by atoms with E-state index in [0.717, 1.165) is 25.0 Å². The van der Waals surface area contributed by atoms with Crippen LogP contribution in [0.15, 0.2) is 54.6 Å². The van der Waals surface area contributed by atoms with Crippen molar-refractivity contribution in [1.82, 2.24) is 0 Å². The number of ether oxygens (including phenoxy) is 1. The van der Waals surface area contributed by atoms with Gasteiger partial charge < -0.3 is 4.74 Å². The van der Waals surface area contributed by atoms with Crippen LogP contribution in [0.2, 0.25) is 0 Å². The fraction of sp³-hybridized carbons (Fsp3) is 0.267. The zero-order chi connectivity index (χ0) is 28.3. The summed E-state index contributed by atoms with van der Waals surface area (Å²) < 4.78 is 114. The Labute approximate surface area is 220 Å². The predicted octanol–water partition coefficient (Wildman–Crippen LogP) is 9.27. The van der Waals surface area contributed by atoms with Crippen molar-refractivity contribution in [2.24, 2.45) is 0 Å². The highest BCUT2D eigenvalue weighted by atomic mass is 19.4. The van der Waals surface area contributed by atoms with E-state index >= 15 is 4.39 Å². The summed E-state index contributed by atoms with van der Waals surface area (Å²) in [7, 11) is 0. The molecule has 0 N–H and O–H groups in total. The maximum absolute atomic E-state index is 15.2. The third-order valence-corrected chi connectivity index (χ3v) is 6.36. The molecule has 0 unspecified atom stereocenters. The van der Waals surface area contributed by atoms with Crippen LogP contribution in [0.1, 0.15) is 36.5 Å². The molecule has 4 aromatic carbocycles. The van der Waals surface area contributed by atoms with Crippen molar-refractivity contribution in [3.05, 3.63) is 100 Å². The zero-order valence-corrected chi connectivity index (χ0v) is 20.9. The second-order valence-corrected chi connectivity index (χ2v) is 9.31. The lowest BCUT2D eigenvalue weighted by Crippen LogP contribution is -2.20. The number of aryl methyl sites for hydroxylation is 3. The molecule has 0 fully saturated rings. The van der Waals surface area contributed by atoms with E-state index in [2.05, 4.69) is 4.74 Å². The standard InChI is InChI=1S/C30H24F8O/c1-2-3-4-17-11-23(31)27(24(32)12-17)21-9-10-22-20(15-21)8-7-19(28(22)35)6-5-18-13-25(33)29(26(34)14-18)39-16-30(36,37)38/h7-15H,2-6,16H2,1H3. The normalized spacial score (nSPS) is 11.8. The summed E-state index contributed by atoms with van der Waals surface area (Å²) in [6.45, 7) is 0.145. The summed E-state index contributed by atoms with van der Waals surface area (Å²) in [6, 6.07) is 11.7. The molecule has 0 amide bonds. The first-order valence-corrected chi connectivity index (χ1v) is 12.3. The second-order valence-electron chi connectivity index (χ2n) is 9.31. The molecule has 0 aliphatic carbocycles. The van der Waals surface area contributed by atoms with Crippen molar-refractivity contribution in [1.29, 1.82) is 0 Å². The van der Waals surface area contributed by atoms with Crippen LogP contribution in [0.25, 0.3) is 21.9 Å². The number of halogens is 8. The summed E-state index contributed by atoms with van der Waals surface area (Å²) in [5, 5.41) is 0.607. The lowest BCUT2D eigenvalue weighted by molar-refractivity contribution is -0.154. The van der Waals surface area contributed by atoms with Crippen LogP contribution in [0.3, 0.4) is 0 Å². The molecule has 0 atom stereocenters. The predicted molar refractivity (Wildman–Crippen MR) is 133 cm³/mol. The van der Waals surface area contributed by atoms with Crippen molar-refractivity contribution in [3.63, 3.8) is 0 Å². The number of alkyl halides is 3. The molecule has 0 aliphatic rings. The van der Waals surface area contributed by atoms with Crippen molar-refractivity contribution < 1.29 is 39.9 Å². The summed E-state index contributed by atoms with van der Waals surface area (Å²) in [6.07, 6.45) is -2.47. The molecule has 0 heterocycles. The Morgan fingerprint density at radius 2 is 1.31 bits per heavy atom. The number of hydrogen-bond acceptors (Lipinski definition) is 1. The van der Waals surface area contributed by atoms with Gasteiger partial charge in [-0.05, 0) is 83.7 Å². The number of rotatable bonds is 9. The van der Waals surface area contributed by atoms with Crippen LogP contribution in [-0.2, 0) is 19.3 Å². The molecule has 0 spiro atoms. The Morgan fingerprint density at radius 3 is 1.92 bits per heavy atom. The lowest BCUT2D eigenvalue weighted by atomic mass is 9.95. The summed E-state index contributed by atoms with van der Waals surface area (Å²) >= 11 is 0. The minimum Gasteiger partial charge on any atom is -0.478 e. The van der Waals surface area contributed by atoms with Gasteiger partial charge in [0.25, 0.3) is 0 Å². The van der Waals surface area contributed by atoms with Crippen molar-refractivity contribution in [3.8, 4) is 16.9 Å². The van der Waals surface area contributed by atoms with E-state index in [4.69, 9.17) is 0 Å². The molecule has 0 saturated carbocycles. The first kappa shape index (κ1) is 28.4. The average Bonchev–Trinajstić information content (AvgIpc) is 2.85. The molecule has 1 nitrogen and oxygen atoms in total. The molecule has 4 rings (SSSR count). The van der Waals surface area contributed by atoms with Crippen molar-refractivity contribution in [2.75, 3.05) is 6.61 Å². The van der Waals surface area contributed by atoms with Crippen LogP contribution >= 0.6 is 0 Å². The molecule has 0 aliphatic heterocycles. The fourth-order valence-corrected chi connectivity index (χ4v) is 4.44. The molecule has 0 radical (unpaired) electrons. The van der Waals surface area contributed by atoms with Gasteiger partial charge >= 0.3 is 6.18 Å². The van der Waals surface area contributed by atoms with Gasteiger partial charge in [0.05, 0.1) is 5.56 Å². The zero-order valence-electron chi connectivity index (χ0n) is 20.9. The topological polar surface area (TPSA) is 9.23 Å². The second kappa shape index (κ2) is 11.6. The van der Waals surface area contributed by atoms with Gasteiger partial charge in [-0.15, -0.1) is 0 Å².